The van der Waals surface area contributed by atoms with Crippen LogP contribution in [0, 0.1) is 6.92 Å². The summed E-state index contributed by atoms with van der Waals surface area (Å²) in [7, 11) is -3.28. The van der Waals surface area contributed by atoms with E-state index in [0.29, 0.717) is 21.6 Å². The Bertz CT molecular complexity index is 488. The predicted octanol–water partition coefficient (Wildman–Crippen LogP) is 3.56. The minimum absolute atomic E-state index is 0.102. The highest BCUT2D eigenvalue weighted by Gasteiger charge is 2.12. The van der Waals surface area contributed by atoms with Crippen molar-refractivity contribution in [2.45, 2.75) is 20.3 Å². The number of hydrogen-bond donors (Lipinski definition) is 1. The predicted molar refractivity (Wildman–Crippen MR) is 71.6 cm³/mol. The molecule has 1 aromatic carbocycles. The second kappa shape index (κ2) is 5.38. The van der Waals surface area contributed by atoms with Crippen LogP contribution in [0.5, 0.6) is 0 Å². The molecule has 0 unspecified atom stereocenters. The number of nitrogens with one attached hydrogen (secondary N) is 1. The Kier molecular flexibility index (Phi) is 4.64. The standard InChI is InChI=1S/C10H13BrClNO2S/c1-3-4-16(14,15)13-10-6-9(12)7(2)5-8(10)11/h5-6,13H,3-4H2,1-2H3. The second-order valence-electron chi connectivity index (χ2n) is 3.50. The Balaban J connectivity index is 3.03. The Labute approximate surface area is 109 Å². The van der Waals surface area contributed by atoms with Crippen LogP contribution in [-0.2, 0) is 10.0 Å². The lowest BCUT2D eigenvalue weighted by atomic mass is 10.2. The first kappa shape index (κ1) is 13.8. The first-order valence-electron chi connectivity index (χ1n) is 4.82. The molecule has 0 atom stereocenters. The molecule has 0 fully saturated rings. The van der Waals surface area contributed by atoms with E-state index in [0.717, 1.165) is 5.56 Å². The highest BCUT2D eigenvalue weighted by Crippen LogP contribution is 2.29. The normalized spacial score (nSPS) is 11.5. The molecule has 0 aromatic heterocycles. The maximum Gasteiger partial charge on any atom is 0.232 e. The van der Waals surface area contributed by atoms with Gasteiger partial charge in [-0.05, 0) is 47.0 Å². The molecule has 0 saturated heterocycles. The number of benzene rings is 1. The Morgan fingerprint density at radius 1 is 1.44 bits per heavy atom. The van der Waals surface area contributed by atoms with Gasteiger partial charge < -0.3 is 0 Å². The summed E-state index contributed by atoms with van der Waals surface area (Å²) in [6.07, 6.45) is 0.576. The average Bonchev–Trinajstić information content (AvgIpc) is 2.13. The molecule has 16 heavy (non-hydrogen) atoms. The van der Waals surface area contributed by atoms with Crippen LogP contribution in [0.25, 0.3) is 0 Å². The monoisotopic (exact) mass is 325 g/mol. The van der Waals surface area contributed by atoms with E-state index in [4.69, 9.17) is 11.6 Å². The third kappa shape index (κ3) is 3.64. The van der Waals surface area contributed by atoms with E-state index in [9.17, 15) is 8.42 Å². The molecule has 0 amide bonds. The number of sulfonamides is 1. The van der Waals surface area contributed by atoms with E-state index in [1.54, 1.807) is 12.1 Å². The molecule has 0 spiro atoms. The van der Waals surface area contributed by atoms with Gasteiger partial charge in [0.15, 0.2) is 0 Å². The summed E-state index contributed by atoms with van der Waals surface area (Å²) in [5, 5.41) is 0.539. The number of rotatable bonds is 4. The molecule has 0 bridgehead atoms. The Hall–Kier alpha value is -0.260. The maximum atomic E-state index is 11.6. The van der Waals surface area contributed by atoms with Crippen LogP contribution in [0.3, 0.4) is 0 Å². The zero-order chi connectivity index (χ0) is 12.3. The lowest BCUT2D eigenvalue weighted by molar-refractivity contribution is 0.600. The molecule has 0 heterocycles. The number of hydrogen-bond acceptors (Lipinski definition) is 2. The average molecular weight is 327 g/mol. The number of aryl methyl sites for hydroxylation is 1. The molecule has 90 valence electrons. The molecule has 1 rings (SSSR count). The smallest absolute Gasteiger partial charge is 0.232 e. The summed E-state index contributed by atoms with van der Waals surface area (Å²) in [6.45, 7) is 3.67. The van der Waals surface area contributed by atoms with E-state index in [-0.39, 0.29) is 5.75 Å². The summed E-state index contributed by atoms with van der Waals surface area (Å²) in [4.78, 5) is 0. The Morgan fingerprint density at radius 2 is 2.06 bits per heavy atom. The van der Waals surface area contributed by atoms with E-state index >= 15 is 0 Å². The molecule has 0 aliphatic heterocycles. The van der Waals surface area contributed by atoms with Gasteiger partial charge in [0.05, 0.1) is 11.4 Å². The molecular formula is C10H13BrClNO2S. The summed E-state index contributed by atoms with van der Waals surface area (Å²) < 4.78 is 26.3. The fourth-order valence-electron chi connectivity index (χ4n) is 1.21. The van der Waals surface area contributed by atoms with Gasteiger partial charge in [-0.3, -0.25) is 4.72 Å². The molecule has 6 heteroatoms. The number of anilines is 1. The van der Waals surface area contributed by atoms with Gasteiger partial charge in [0.1, 0.15) is 0 Å². The highest BCUT2D eigenvalue weighted by atomic mass is 79.9. The topological polar surface area (TPSA) is 46.2 Å². The van der Waals surface area contributed by atoms with Crippen LogP contribution in [0.4, 0.5) is 5.69 Å². The van der Waals surface area contributed by atoms with Crippen molar-refractivity contribution in [2.24, 2.45) is 0 Å². The van der Waals surface area contributed by atoms with E-state index in [1.165, 1.54) is 0 Å². The molecule has 0 aliphatic carbocycles. The third-order valence-corrected chi connectivity index (χ3v) is 4.53. The zero-order valence-corrected chi connectivity index (χ0v) is 12.2. The fourth-order valence-corrected chi connectivity index (χ4v) is 3.21. The van der Waals surface area contributed by atoms with Crippen molar-refractivity contribution >= 4 is 43.2 Å². The summed E-state index contributed by atoms with van der Waals surface area (Å²) in [5.74, 6) is 0.102. The molecule has 1 aromatic rings. The maximum absolute atomic E-state index is 11.6. The van der Waals surface area contributed by atoms with Gasteiger partial charge in [-0.25, -0.2) is 8.42 Å². The van der Waals surface area contributed by atoms with Gasteiger partial charge in [-0.15, -0.1) is 0 Å². The van der Waals surface area contributed by atoms with E-state index < -0.39 is 10.0 Å². The van der Waals surface area contributed by atoms with Crippen molar-refractivity contribution in [1.29, 1.82) is 0 Å². The molecule has 0 aliphatic rings. The van der Waals surface area contributed by atoms with Crippen molar-refractivity contribution in [3.05, 3.63) is 27.2 Å². The van der Waals surface area contributed by atoms with Crippen LogP contribution in [0.15, 0.2) is 16.6 Å². The van der Waals surface area contributed by atoms with Crippen LogP contribution < -0.4 is 4.72 Å². The van der Waals surface area contributed by atoms with Crippen molar-refractivity contribution in [2.75, 3.05) is 10.5 Å². The van der Waals surface area contributed by atoms with Gasteiger partial charge in [-0.2, -0.15) is 0 Å². The summed E-state index contributed by atoms with van der Waals surface area (Å²) in [6, 6.07) is 3.39. The van der Waals surface area contributed by atoms with E-state index in [2.05, 4.69) is 20.7 Å². The minimum atomic E-state index is -3.28. The van der Waals surface area contributed by atoms with Crippen LogP contribution in [-0.4, -0.2) is 14.2 Å². The SMILES string of the molecule is CCCS(=O)(=O)Nc1cc(Cl)c(C)cc1Br. The van der Waals surface area contributed by atoms with Crippen LogP contribution >= 0.6 is 27.5 Å². The fraction of sp³-hybridized carbons (Fsp3) is 0.400. The van der Waals surface area contributed by atoms with Crippen molar-refractivity contribution in [3.63, 3.8) is 0 Å². The molecular weight excluding hydrogens is 314 g/mol. The first-order chi connectivity index (χ1) is 7.35. The molecule has 0 radical (unpaired) electrons. The summed E-state index contributed by atoms with van der Waals surface area (Å²) in [5.41, 5.74) is 1.37. The second-order valence-corrected chi connectivity index (χ2v) is 6.61. The van der Waals surface area contributed by atoms with Crippen molar-refractivity contribution in [3.8, 4) is 0 Å². The molecule has 0 saturated carbocycles. The third-order valence-electron chi connectivity index (χ3n) is 1.99. The highest BCUT2D eigenvalue weighted by molar-refractivity contribution is 9.10. The lowest BCUT2D eigenvalue weighted by Crippen LogP contribution is -2.16. The zero-order valence-electron chi connectivity index (χ0n) is 9.05. The quantitative estimate of drug-likeness (QED) is 0.919. The van der Waals surface area contributed by atoms with Gasteiger partial charge >= 0.3 is 0 Å². The summed E-state index contributed by atoms with van der Waals surface area (Å²) >= 11 is 9.24. The van der Waals surface area contributed by atoms with Crippen LogP contribution in [0.1, 0.15) is 18.9 Å². The lowest BCUT2D eigenvalue weighted by Gasteiger charge is -2.10. The first-order valence-corrected chi connectivity index (χ1v) is 7.64. The van der Waals surface area contributed by atoms with Crippen molar-refractivity contribution in [1.82, 2.24) is 0 Å². The Morgan fingerprint density at radius 3 is 2.62 bits per heavy atom. The number of halogens is 2. The van der Waals surface area contributed by atoms with Crippen LogP contribution in [0.2, 0.25) is 5.02 Å². The van der Waals surface area contributed by atoms with Gasteiger partial charge in [0.25, 0.3) is 0 Å². The van der Waals surface area contributed by atoms with Gasteiger partial charge in [0, 0.05) is 9.50 Å². The van der Waals surface area contributed by atoms with Crippen molar-refractivity contribution < 1.29 is 8.42 Å². The minimum Gasteiger partial charge on any atom is -0.282 e. The van der Waals surface area contributed by atoms with Gasteiger partial charge in [0.2, 0.25) is 10.0 Å². The van der Waals surface area contributed by atoms with E-state index in [1.807, 2.05) is 13.8 Å². The van der Waals surface area contributed by atoms with Gasteiger partial charge in [-0.1, -0.05) is 18.5 Å². The largest absolute Gasteiger partial charge is 0.282 e. The molecule has 1 N–H and O–H groups in total. The molecule has 3 nitrogen and oxygen atoms in total.